The zero-order valence-corrected chi connectivity index (χ0v) is 11.5. The minimum absolute atomic E-state index is 0. The van der Waals surface area contributed by atoms with Crippen molar-refractivity contribution >= 4 is 18.3 Å². The van der Waals surface area contributed by atoms with Crippen LogP contribution in [0, 0.1) is 17.8 Å². The Morgan fingerprint density at radius 3 is 2.59 bits per heavy atom. The average molecular weight is 261 g/mol. The Labute approximate surface area is 110 Å². The number of hydrogen-bond donors (Lipinski definition) is 2. The Kier molecular flexibility index (Phi) is 5.74. The smallest absolute Gasteiger partial charge is 0.224 e. The molecular weight excluding hydrogens is 236 g/mol. The van der Waals surface area contributed by atoms with Gasteiger partial charge in [-0.3, -0.25) is 4.79 Å². The number of rotatable bonds is 5. The molecule has 2 bridgehead atoms. The first kappa shape index (κ1) is 14.8. The summed E-state index contributed by atoms with van der Waals surface area (Å²) in [6, 6.07) is 0.130. The largest absolute Gasteiger partial charge is 0.356 e. The molecule has 0 spiro atoms. The molecule has 1 amide bonds. The lowest BCUT2D eigenvalue weighted by atomic mass is 9.84. The third-order valence-electron chi connectivity index (χ3n) is 4.36. The van der Waals surface area contributed by atoms with Crippen LogP contribution in [0.4, 0.5) is 0 Å². The molecule has 2 aliphatic carbocycles. The van der Waals surface area contributed by atoms with Crippen LogP contribution in [0.5, 0.6) is 0 Å². The van der Waals surface area contributed by atoms with Crippen molar-refractivity contribution in [3.05, 3.63) is 0 Å². The lowest BCUT2D eigenvalue weighted by Crippen LogP contribution is -2.45. The first-order valence-electron chi connectivity index (χ1n) is 6.77. The number of fused-ring (bicyclic) bond motifs is 2. The molecule has 4 heteroatoms. The Balaban J connectivity index is 0.00000144. The summed E-state index contributed by atoms with van der Waals surface area (Å²) >= 11 is 0. The fourth-order valence-electron chi connectivity index (χ4n) is 3.43. The second-order valence-corrected chi connectivity index (χ2v) is 5.43. The maximum Gasteiger partial charge on any atom is 0.224 e. The number of halogens is 1. The lowest BCUT2D eigenvalue weighted by Gasteiger charge is -2.27. The van der Waals surface area contributed by atoms with Crippen LogP contribution in [0.3, 0.4) is 0 Å². The molecule has 2 saturated carbocycles. The van der Waals surface area contributed by atoms with Crippen LogP contribution >= 0.6 is 12.4 Å². The van der Waals surface area contributed by atoms with Crippen molar-refractivity contribution in [1.29, 1.82) is 0 Å². The van der Waals surface area contributed by atoms with Gasteiger partial charge in [-0.15, -0.1) is 12.4 Å². The third-order valence-corrected chi connectivity index (χ3v) is 4.36. The van der Waals surface area contributed by atoms with Gasteiger partial charge in [0.1, 0.15) is 0 Å². The molecule has 0 saturated heterocycles. The number of hydrogen-bond acceptors (Lipinski definition) is 2. The Bertz CT molecular complexity index is 258. The van der Waals surface area contributed by atoms with E-state index in [-0.39, 0.29) is 30.3 Å². The Morgan fingerprint density at radius 2 is 2.00 bits per heavy atom. The van der Waals surface area contributed by atoms with Gasteiger partial charge in [0.05, 0.1) is 5.92 Å². The van der Waals surface area contributed by atoms with Crippen LogP contribution in [0.25, 0.3) is 0 Å². The third kappa shape index (κ3) is 3.14. The molecule has 2 aliphatic rings. The van der Waals surface area contributed by atoms with Gasteiger partial charge in [-0.1, -0.05) is 19.8 Å². The predicted molar refractivity (Wildman–Crippen MR) is 72.1 cm³/mol. The number of nitrogens with one attached hydrogen (secondary N) is 1. The van der Waals surface area contributed by atoms with Gasteiger partial charge >= 0.3 is 0 Å². The number of nitrogens with two attached hydrogens (primary N) is 1. The minimum atomic E-state index is 0. The van der Waals surface area contributed by atoms with Gasteiger partial charge in [0.15, 0.2) is 0 Å². The van der Waals surface area contributed by atoms with Crippen molar-refractivity contribution in [3.63, 3.8) is 0 Å². The maximum atomic E-state index is 12.0. The van der Waals surface area contributed by atoms with Crippen LogP contribution in [0.1, 0.15) is 45.4 Å². The second kappa shape index (κ2) is 6.60. The minimum Gasteiger partial charge on any atom is -0.356 e. The van der Waals surface area contributed by atoms with E-state index in [0.717, 1.165) is 13.0 Å². The predicted octanol–water partition coefficient (Wildman–Crippen LogP) is 2.09. The number of carbonyl (C=O) groups is 1. The number of carbonyl (C=O) groups excluding carboxylic acids is 1. The van der Waals surface area contributed by atoms with E-state index in [4.69, 9.17) is 5.73 Å². The fraction of sp³-hybridized carbons (Fsp3) is 0.923. The summed E-state index contributed by atoms with van der Waals surface area (Å²) < 4.78 is 0. The summed E-state index contributed by atoms with van der Waals surface area (Å²) in [5.41, 5.74) is 6.13. The average Bonchev–Trinajstić information content (AvgIpc) is 2.84. The standard InChI is InChI=1S/C13H24N2O.ClH/c1-2-3-4-7-15-13(16)11-9-5-6-10(8-9)12(11)14;/h9-12H,2-8,14H2,1H3,(H,15,16);1H. The lowest BCUT2D eigenvalue weighted by molar-refractivity contribution is -0.127. The molecule has 0 radical (unpaired) electrons. The summed E-state index contributed by atoms with van der Waals surface area (Å²) in [4.78, 5) is 12.0. The van der Waals surface area contributed by atoms with Crippen LogP contribution < -0.4 is 11.1 Å². The molecule has 0 aromatic heterocycles. The molecule has 0 heterocycles. The van der Waals surface area contributed by atoms with Gasteiger partial charge < -0.3 is 11.1 Å². The van der Waals surface area contributed by atoms with E-state index in [1.807, 2.05) is 0 Å². The van der Waals surface area contributed by atoms with Crippen LogP contribution in [0.2, 0.25) is 0 Å². The van der Waals surface area contributed by atoms with E-state index >= 15 is 0 Å². The van der Waals surface area contributed by atoms with Gasteiger partial charge in [0, 0.05) is 12.6 Å². The molecule has 0 aromatic rings. The van der Waals surface area contributed by atoms with Crippen molar-refractivity contribution in [3.8, 4) is 0 Å². The highest BCUT2D eigenvalue weighted by Crippen LogP contribution is 2.47. The Morgan fingerprint density at radius 1 is 1.29 bits per heavy atom. The summed E-state index contributed by atoms with van der Waals surface area (Å²) in [7, 11) is 0. The van der Waals surface area contributed by atoms with Crippen molar-refractivity contribution in [2.24, 2.45) is 23.5 Å². The van der Waals surface area contributed by atoms with E-state index in [2.05, 4.69) is 12.2 Å². The molecule has 3 nitrogen and oxygen atoms in total. The SMILES string of the molecule is CCCCCNC(=O)C1C2CCC(C2)C1N.Cl. The molecule has 100 valence electrons. The van der Waals surface area contributed by atoms with E-state index < -0.39 is 0 Å². The highest BCUT2D eigenvalue weighted by atomic mass is 35.5. The molecule has 0 aliphatic heterocycles. The van der Waals surface area contributed by atoms with Crippen LogP contribution in [-0.2, 0) is 4.79 Å². The first-order chi connectivity index (χ1) is 7.74. The number of amides is 1. The van der Waals surface area contributed by atoms with Gasteiger partial charge in [0.2, 0.25) is 5.91 Å². The highest BCUT2D eigenvalue weighted by Gasteiger charge is 2.48. The molecule has 4 unspecified atom stereocenters. The normalized spacial score (nSPS) is 34.5. The topological polar surface area (TPSA) is 55.1 Å². The summed E-state index contributed by atoms with van der Waals surface area (Å²) in [6.07, 6.45) is 7.13. The zero-order valence-electron chi connectivity index (χ0n) is 10.7. The molecular formula is C13H25ClN2O. The molecule has 2 fully saturated rings. The molecule has 17 heavy (non-hydrogen) atoms. The van der Waals surface area contributed by atoms with E-state index in [9.17, 15) is 4.79 Å². The van der Waals surface area contributed by atoms with Crippen molar-refractivity contribution in [1.82, 2.24) is 5.32 Å². The molecule has 4 atom stereocenters. The fourth-order valence-corrected chi connectivity index (χ4v) is 3.43. The van der Waals surface area contributed by atoms with E-state index in [1.54, 1.807) is 0 Å². The van der Waals surface area contributed by atoms with Gasteiger partial charge in [-0.2, -0.15) is 0 Å². The zero-order chi connectivity index (χ0) is 11.5. The summed E-state index contributed by atoms with van der Waals surface area (Å²) in [5, 5.41) is 3.06. The van der Waals surface area contributed by atoms with Crippen molar-refractivity contribution in [2.75, 3.05) is 6.54 Å². The van der Waals surface area contributed by atoms with Crippen molar-refractivity contribution < 1.29 is 4.79 Å². The summed E-state index contributed by atoms with van der Waals surface area (Å²) in [6.45, 7) is 3.00. The van der Waals surface area contributed by atoms with Crippen molar-refractivity contribution in [2.45, 2.75) is 51.5 Å². The van der Waals surface area contributed by atoms with Crippen LogP contribution in [-0.4, -0.2) is 18.5 Å². The quantitative estimate of drug-likeness (QED) is 0.744. The summed E-state index contributed by atoms with van der Waals surface area (Å²) in [5.74, 6) is 1.53. The van der Waals surface area contributed by atoms with Gasteiger partial charge in [0.25, 0.3) is 0 Å². The number of unbranched alkanes of at least 4 members (excludes halogenated alkanes) is 2. The maximum absolute atomic E-state index is 12.0. The van der Waals surface area contributed by atoms with Gasteiger partial charge in [-0.05, 0) is 37.5 Å². The van der Waals surface area contributed by atoms with E-state index in [1.165, 1.54) is 32.1 Å². The monoisotopic (exact) mass is 260 g/mol. The van der Waals surface area contributed by atoms with Crippen LogP contribution in [0.15, 0.2) is 0 Å². The Hall–Kier alpha value is -0.280. The highest BCUT2D eigenvalue weighted by molar-refractivity contribution is 5.85. The second-order valence-electron chi connectivity index (χ2n) is 5.43. The molecule has 0 aromatic carbocycles. The molecule has 2 rings (SSSR count). The van der Waals surface area contributed by atoms with E-state index in [0.29, 0.717) is 11.8 Å². The van der Waals surface area contributed by atoms with Gasteiger partial charge in [-0.25, -0.2) is 0 Å². The molecule has 3 N–H and O–H groups in total. The first-order valence-corrected chi connectivity index (χ1v) is 6.77.